The number of halogens is 1. The molecule has 22 heavy (non-hydrogen) atoms. The fourth-order valence-corrected chi connectivity index (χ4v) is 2.83. The number of rotatable bonds is 3. The van der Waals surface area contributed by atoms with Crippen LogP contribution in [0.2, 0.25) is 0 Å². The first-order valence-electron chi connectivity index (χ1n) is 7.19. The molecule has 0 saturated carbocycles. The summed E-state index contributed by atoms with van der Waals surface area (Å²) >= 11 is 3.44. The van der Waals surface area contributed by atoms with E-state index in [4.69, 9.17) is 0 Å². The second kappa shape index (κ2) is 6.32. The molecule has 1 heterocycles. The minimum Gasteiger partial charge on any atom is -0.318 e. The van der Waals surface area contributed by atoms with Crippen molar-refractivity contribution in [2.24, 2.45) is 4.99 Å². The van der Waals surface area contributed by atoms with Crippen molar-refractivity contribution in [3.05, 3.63) is 82.1 Å². The Bertz CT molecular complexity index is 799. The third-order valence-corrected chi connectivity index (χ3v) is 4.19. The largest absolute Gasteiger partial charge is 0.318 e. The molecular weight excluding hydrogens is 336 g/mol. The Balaban J connectivity index is 1.94. The van der Waals surface area contributed by atoms with Crippen LogP contribution in [-0.4, -0.2) is 10.8 Å². The second-order valence-electron chi connectivity index (χ2n) is 5.23. The molecule has 3 heteroatoms. The molecule has 1 aromatic heterocycles. The zero-order chi connectivity index (χ0) is 15.5. The number of para-hydroxylation sites is 1. The summed E-state index contributed by atoms with van der Waals surface area (Å²) in [5.74, 6) is 0. The van der Waals surface area contributed by atoms with E-state index in [2.05, 4.69) is 69.7 Å². The quantitative estimate of drug-likeness (QED) is 0.545. The molecule has 2 aromatic carbocycles. The van der Waals surface area contributed by atoms with Gasteiger partial charge in [0.15, 0.2) is 0 Å². The predicted octanol–water partition coefficient (Wildman–Crippen LogP) is 5.61. The van der Waals surface area contributed by atoms with Gasteiger partial charge in [0.25, 0.3) is 0 Å². The third kappa shape index (κ3) is 3.04. The van der Waals surface area contributed by atoms with Gasteiger partial charge in [0.2, 0.25) is 0 Å². The molecule has 0 radical (unpaired) electrons. The molecule has 3 rings (SSSR count). The normalized spacial score (nSPS) is 11.2. The van der Waals surface area contributed by atoms with Gasteiger partial charge in [-0.3, -0.25) is 4.99 Å². The number of hydrogen-bond donors (Lipinski definition) is 0. The summed E-state index contributed by atoms with van der Waals surface area (Å²) in [7, 11) is 0. The van der Waals surface area contributed by atoms with Gasteiger partial charge in [-0.05, 0) is 56.3 Å². The van der Waals surface area contributed by atoms with Crippen molar-refractivity contribution >= 4 is 27.8 Å². The van der Waals surface area contributed by atoms with Gasteiger partial charge in [0, 0.05) is 33.3 Å². The third-order valence-electron chi connectivity index (χ3n) is 3.66. The molecule has 0 aliphatic carbocycles. The maximum Gasteiger partial charge on any atom is 0.0630 e. The lowest BCUT2D eigenvalue weighted by atomic mass is 10.2. The van der Waals surface area contributed by atoms with Gasteiger partial charge in [0.1, 0.15) is 0 Å². The first-order valence-corrected chi connectivity index (χ1v) is 7.98. The standard InChI is InChI=1S/C19H17BrN2/c1-14-12-16(13-21-18-10-8-17(20)9-11-18)15(2)22(14)19-6-4-3-5-7-19/h3-13H,1-2H3. The molecule has 3 aromatic rings. The minimum atomic E-state index is 0.952. The molecule has 0 N–H and O–H groups in total. The predicted molar refractivity (Wildman–Crippen MR) is 96.6 cm³/mol. The number of hydrogen-bond acceptors (Lipinski definition) is 1. The van der Waals surface area contributed by atoms with Crippen molar-refractivity contribution < 1.29 is 0 Å². The first kappa shape index (κ1) is 14.8. The van der Waals surface area contributed by atoms with E-state index in [1.54, 1.807) is 0 Å². The average molecular weight is 353 g/mol. The van der Waals surface area contributed by atoms with Crippen molar-refractivity contribution in [1.82, 2.24) is 4.57 Å². The van der Waals surface area contributed by atoms with E-state index in [0.29, 0.717) is 0 Å². The van der Waals surface area contributed by atoms with E-state index in [0.717, 1.165) is 15.7 Å². The summed E-state index contributed by atoms with van der Waals surface area (Å²) in [6, 6.07) is 20.6. The van der Waals surface area contributed by atoms with Crippen LogP contribution in [0.4, 0.5) is 5.69 Å². The molecule has 0 spiro atoms. The van der Waals surface area contributed by atoms with Crippen LogP contribution >= 0.6 is 15.9 Å². The molecule has 2 nitrogen and oxygen atoms in total. The van der Waals surface area contributed by atoms with Crippen LogP contribution in [0.15, 0.2) is 70.1 Å². The monoisotopic (exact) mass is 352 g/mol. The molecule has 110 valence electrons. The maximum atomic E-state index is 4.57. The van der Waals surface area contributed by atoms with Crippen LogP contribution < -0.4 is 0 Å². The zero-order valence-electron chi connectivity index (χ0n) is 12.6. The van der Waals surface area contributed by atoms with Crippen LogP contribution in [0.25, 0.3) is 5.69 Å². The summed E-state index contributed by atoms with van der Waals surface area (Å²) in [6.07, 6.45) is 1.94. The Morgan fingerprint density at radius 1 is 0.955 bits per heavy atom. The van der Waals surface area contributed by atoms with Crippen LogP contribution in [0.5, 0.6) is 0 Å². The molecule has 0 saturated heterocycles. The highest BCUT2D eigenvalue weighted by Gasteiger charge is 2.08. The van der Waals surface area contributed by atoms with Crippen molar-refractivity contribution in [2.75, 3.05) is 0 Å². The number of aliphatic imine (C=N–C) groups is 1. The van der Waals surface area contributed by atoms with Gasteiger partial charge in [0.05, 0.1) is 5.69 Å². The second-order valence-corrected chi connectivity index (χ2v) is 6.15. The van der Waals surface area contributed by atoms with Crippen LogP contribution in [-0.2, 0) is 0 Å². The zero-order valence-corrected chi connectivity index (χ0v) is 14.2. The van der Waals surface area contributed by atoms with Crippen LogP contribution in [0.1, 0.15) is 17.0 Å². The van der Waals surface area contributed by atoms with Crippen molar-refractivity contribution in [1.29, 1.82) is 0 Å². The Kier molecular flexibility index (Phi) is 4.25. The first-order chi connectivity index (χ1) is 10.6. The lowest BCUT2D eigenvalue weighted by Gasteiger charge is -2.08. The fraction of sp³-hybridized carbons (Fsp3) is 0.105. The number of aryl methyl sites for hydroxylation is 1. The van der Waals surface area contributed by atoms with Gasteiger partial charge >= 0.3 is 0 Å². The van der Waals surface area contributed by atoms with Crippen molar-refractivity contribution in [2.45, 2.75) is 13.8 Å². The topological polar surface area (TPSA) is 17.3 Å². The van der Waals surface area contributed by atoms with Gasteiger partial charge in [-0.1, -0.05) is 34.1 Å². The van der Waals surface area contributed by atoms with Gasteiger partial charge < -0.3 is 4.57 Å². The highest BCUT2D eigenvalue weighted by atomic mass is 79.9. The van der Waals surface area contributed by atoms with E-state index in [9.17, 15) is 0 Å². The lowest BCUT2D eigenvalue weighted by molar-refractivity contribution is 0.965. The molecular formula is C19H17BrN2. The molecule has 0 unspecified atom stereocenters. The van der Waals surface area contributed by atoms with Crippen molar-refractivity contribution in [3.8, 4) is 5.69 Å². The van der Waals surface area contributed by atoms with E-state index in [1.807, 2.05) is 36.5 Å². The smallest absolute Gasteiger partial charge is 0.0630 e. The Morgan fingerprint density at radius 3 is 2.32 bits per heavy atom. The molecule has 0 bridgehead atoms. The van der Waals surface area contributed by atoms with E-state index < -0.39 is 0 Å². The summed E-state index contributed by atoms with van der Waals surface area (Å²) in [6.45, 7) is 4.25. The number of aromatic nitrogens is 1. The fourth-order valence-electron chi connectivity index (χ4n) is 2.56. The minimum absolute atomic E-state index is 0.952. The number of nitrogens with zero attached hydrogens (tertiary/aromatic N) is 2. The van der Waals surface area contributed by atoms with Gasteiger partial charge in [-0.25, -0.2) is 0 Å². The van der Waals surface area contributed by atoms with E-state index in [-0.39, 0.29) is 0 Å². The summed E-state index contributed by atoms with van der Waals surface area (Å²) in [4.78, 5) is 4.57. The van der Waals surface area contributed by atoms with Gasteiger partial charge in [-0.2, -0.15) is 0 Å². The summed E-state index contributed by atoms with van der Waals surface area (Å²) in [5.41, 5.74) is 5.68. The highest BCUT2D eigenvalue weighted by molar-refractivity contribution is 9.10. The maximum absolute atomic E-state index is 4.57. The number of benzene rings is 2. The Labute approximate surface area is 139 Å². The van der Waals surface area contributed by atoms with E-state index in [1.165, 1.54) is 17.1 Å². The molecule has 0 aliphatic heterocycles. The van der Waals surface area contributed by atoms with Crippen LogP contribution in [0, 0.1) is 13.8 Å². The lowest BCUT2D eigenvalue weighted by Crippen LogP contribution is -1.98. The van der Waals surface area contributed by atoms with Gasteiger partial charge in [-0.15, -0.1) is 0 Å². The molecule has 0 aliphatic rings. The Hall–Kier alpha value is -2.13. The van der Waals surface area contributed by atoms with E-state index >= 15 is 0 Å². The molecule has 0 fully saturated rings. The Morgan fingerprint density at radius 2 is 1.64 bits per heavy atom. The molecule has 0 amide bonds. The average Bonchev–Trinajstić information content (AvgIpc) is 2.82. The SMILES string of the molecule is Cc1cc(C=Nc2ccc(Br)cc2)c(C)n1-c1ccccc1. The van der Waals surface area contributed by atoms with Crippen molar-refractivity contribution in [3.63, 3.8) is 0 Å². The molecule has 0 atom stereocenters. The van der Waals surface area contributed by atoms with Crippen LogP contribution in [0.3, 0.4) is 0 Å². The summed E-state index contributed by atoms with van der Waals surface area (Å²) < 4.78 is 3.32. The highest BCUT2D eigenvalue weighted by Crippen LogP contribution is 2.21. The summed E-state index contributed by atoms with van der Waals surface area (Å²) in [5, 5.41) is 0.